The zero-order valence-electron chi connectivity index (χ0n) is 14.4. The van der Waals surface area contributed by atoms with Crippen molar-refractivity contribution >= 4 is 22.6 Å². The summed E-state index contributed by atoms with van der Waals surface area (Å²) < 4.78 is 5.59. The highest BCUT2D eigenvalue weighted by molar-refractivity contribution is 5.85. The molecule has 0 saturated heterocycles. The lowest BCUT2D eigenvalue weighted by atomic mass is 10.1. The number of aromatic nitrogens is 1. The maximum absolute atomic E-state index is 12.0. The summed E-state index contributed by atoms with van der Waals surface area (Å²) >= 11 is 0. The summed E-state index contributed by atoms with van der Waals surface area (Å²) in [5, 5.41) is 14.7. The quantitative estimate of drug-likeness (QED) is 0.310. The second kappa shape index (κ2) is 6.92. The van der Waals surface area contributed by atoms with Gasteiger partial charge in [-0.05, 0) is 41.7 Å². The molecule has 0 atom stereocenters. The standard InChI is InChI=1S/C17H22N6O2/c1-17(5-6-17)16(24)20-9-12-7-11-3-4-13(8-14(11)21-12)25-10-15(18)22-23-19-2/h3-4,7-8,21H,5-6,9-10H2,1-2H3,(H,20,24)(H2,18,19,22). The fourth-order valence-electron chi connectivity index (χ4n) is 2.44. The molecule has 0 unspecified atom stereocenters. The van der Waals surface area contributed by atoms with E-state index in [1.807, 2.05) is 31.2 Å². The van der Waals surface area contributed by atoms with Crippen LogP contribution in [-0.4, -0.2) is 30.4 Å². The van der Waals surface area contributed by atoms with Crippen molar-refractivity contribution < 1.29 is 9.53 Å². The molecule has 0 spiro atoms. The minimum atomic E-state index is -0.161. The van der Waals surface area contributed by atoms with Crippen LogP contribution in [0.5, 0.6) is 5.75 Å². The van der Waals surface area contributed by atoms with Gasteiger partial charge in [0, 0.05) is 22.7 Å². The number of ether oxygens (including phenoxy) is 1. The van der Waals surface area contributed by atoms with E-state index in [0.717, 1.165) is 29.4 Å². The van der Waals surface area contributed by atoms with Gasteiger partial charge in [0.15, 0.2) is 5.84 Å². The number of rotatable bonds is 7. The first-order valence-electron chi connectivity index (χ1n) is 8.14. The van der Waals surface area contributed by atoms with Gasteiger partial charge in [-0.1, -0.05) is 6.92 Å². The van der Waals surface area contributed by atoms with Gasteiger partial charge in [-0.2, -0.15) is 5.11 Å². The fraction of sp³-hybridized carbons (Fsp3) is 0.412. The number of fused-ring (bicyclic) bond motifs is 1. The molecule has 1 heterocycles. The van der Waals surface area contributed by atoms with E-state index in [1.165, 1.54) is 7.05 Å². The largest absolute Gasteiger partial charge is 0.486 e. The first kappa shape index (κ1) is 16.9. The molecule has 3 rings (SSSR count). The molecule has 1 fully saturated rings. The van der Waals surface area contributed by atoms with Crippen LogP contribution in [0.1, 0.15) is 25.5 Å². The molecule has 0 radical (unpaired) electrons. The predicted octanol–water partition coefficient (Wildman–Crippen LogP) is 2.32. The van der Waals surface area contributed by atoms with Crippen molar-refractivity contribution in [1.29, 1.82) is 0 Å². The Morgan fingerprint density at radius 3 is 2.92 bits per heavy atom. The number of H-pyrrole nitrogens is 1. The molecule has 132 valence electrons. The number of nitrogens with two attached hydrogens (primary N) is 1. The third-order valence-corrected chi connectivity index (χ3v) is 4.29. The van der Waals surface area contributed by atoms with Crippen LogP contribution < -0.4 is 15.8 Å². The van der Waals surface area contributed by atoms with Crippen molar-refractivity contribution in [3.05, 3.63) is 30.0 Å². The Labute approximate surface area is 145 Å². The molecule has 4 N–H and O–H groups in total. The number of benzene rings is 1. The van der Waals surface area contributed by atoms with Crippen LogP contribution in [0, 0.1) is 5.41 Å². The van der Waals surface area contributed by atoms with Gasteiger partial charge in [-0.3, -0.25) is 4.79 Å². The highest BCUT2D eigenvalue weighted by Gasteiger charge is 2.44. The van der Waals surface area contributed by atoms with E-state index in [4.69, 9.17) is 10.5 Å². The van der Waals surface area contributed by atoms with Crippen molar-refractivity contribution in [3.8, 4) is 5.75 Å². The molecule has 25 heavy (non-hydrogen) atoms. The monoisotopic (exact) mass is 342 g/mol. The highest BCUT2D eigenvalue weighted by atomic mass is 16.5. The molecular formula is C17H22N6O2. The molecule has 1 aliphatic carbocycles. The van der Waals surface area contributed by atoms with E-state index in [-0.39, 0.29) is 23.8 Å². The van der Waals surface area contributed by atoms with Crippen molar-refractivity contribution in [1.82, 2.24) is 10.3 Å². The number of hydrogen-bond donors (Lipinski definition) is 3. The second-order valence-electron chi connectivity index (χ2n) is 6.46. The molecule has 1 aliphatic rings. The van der Waals surface area contributed by atoms with Gasteiger partial charge in [0.2, 0.25) is 5.91 Å². The van der Waals surface area contributed by atoms with Gasteiger partial charge < -0.3 is 20.8 Å². The third kappa shape index (κ3) is 4.14. The van der Waals surface area contributed by atoms with Crippen molar-refractivity contribution in [2.45, 2.75) is 26.3 Å². The highest BCUT2D eigenvalue weighted by Crippen LogP contribution is 2.45. The molecular weight excluding hydrogens is 320 g/mol. The Kier molecular flexibility index (Phi) is 4.69. The number of nitrogens with one attached hydrogen (secondary N) is 2. The zero-order chi connectivity index (χ0) is 17.9. The maximum atomic E-state index is 12.0. The van der Waals surface area contributed by atoms with E-state index in [1.54, 1.807) is 0 Å². The molecule has 1 amide bonds. The molecule has 1 saturated carbocycles. The Balaban J connectivity index is 1.62. The lowest BCUT2D eigenvalue weighted by Gasteiger charge is -2.08. The number of nitrogens with zero attached hydrogens (tertiary/aromatic N) is 3. The van der Waals surface area contributed by atoms with Gasteiger partial charge in [-0.15, -0.1) is 5.10 Å². The summed E-state index contributed by atoms with van der Waals surface area (Å²) in [7, 11) is 1.52. The number of amides is 1. The first-order valence-corrected chi connectivity index (χ1v) is 8.14. The lowest BCUT2D eigenvalue weighted by Crippen LogP contribution is -2.29. The zero-order valence-corrected chi connectivity index (χ0v) is 14.4. The normalized spacial score (nSPS) is 16.3. The second-order valence-corrected chi connectivity index (χ2v) is 6.46. The minimum absolute atomic E-state index is 0.120. The first-order chi connectivity index (χ1) is 12.0. The van der Waals surface area contributed by atoms with Crippen molar-refractivity contribution in [2.24, 2.45) is 26.6 Å². The summed E-state index contributed by atoms with van der Waals surface area (Å²) in [6.07, 6.45) is 1.94. The van der Waals surface area contributed by atoms with Crippen LogP contribution in [0.15, 0.2) is 39.7 Å². The molecule has 1 aromatic carbocycles. The SMILES string of the molecule is CN=N/N=C(\N)COc1ccc2cc(CNC(=O)C3(C)CC3)[nH]c2c1. The van der Waals surface area contributed by atoms with Crippen LogP contribution in [0.2, 0.25) is 0 Å². The van der Waals surface area contributed by atoms with Crippen LogP contribution in [0.3, 0.4) is 0 Å². The van der Waals surface area contributed by atoms with Crippen molar-refractivity contribution in [2.75, 3.05) is 13.7 Å². The topological polar surface area (TPSA) is 117 Å². The third-order valence-electron chi connectivity index (χ3n) is 4.29. The number of aromatic amines is 1. The summed E-state index contributed by atoms with van der Waals surface area (Å²) in [6, 6.07) is 7.72. The summed E-state index contributed by atoms with van der Waals surface area (Å²) in [6.45, 7) is 2.61. The summed E-state index contributed by atoms with van der Waals surface area (Å²) in [5.41, 5.74) is 7.38. The molecule has 0 bridgehead atoms. The van der Waals surface area contributed by atoms with Crippen LogP contribution >= 0.6 is 0 Å². The average molecular weight is 342 g/mol. The van der Waals surface area contributed by atoms with Gasteiger partial charge in [0.25, 0.3) is 0 Å². The van der Waals surface area contributed by atoms with Crippen LogP contribution in [-0.2, 0) is 11.3 Å². The Bertz CT molecular complexity index is 835. The number of carbonyl (C=O) groups excluding carboxylic acids is 1. The Hall–Kier alpha value is -2.90. The van der Waals surface area contributed by atoms with E-state index >= 15 is 0 Å². The predicted molar refractivity (Wildman–Crippen MR) is 95.4 cm³/mol. The Morgan fingerprint density at radius 2 is 2.20 bits per heavy atom. The summed E-state index contributed by atoms with van der Waals surface area (Å²) in [4.78, 5) is 15.3. The van der Waals surface area contributed by atoms with Crippen LogP contribution in [0.4, 0.5) is 0 Å². The van der Waals surface area contributed by atoms with E-state index < -0.39 is 0 Å². The van der Waals surface area contributed by atoms with Crippen LogP contribution in [0.25, 0.3) is 10.9 Å². The molecule has 0 aliphatic heterocycles. The number of amidine groups is 1. The number of hydrogen-bond acceptors (Lipinski definition) is 4. The smallest absolute Gasteiger partial charge is 0.226 e. The number of carbonyl (C=O) groups is 1. The molecule has 8 nitrogen and oxygen atoms in total. The fourth-order valence-corrected chi connectivity index (χ4v) is 2.44. The summed E-state index contributed by atoms with van der Waals surface area (Å²) in [5.74, 6) is 1.03. The van der Waals surface area contributed by atoms with Gasteiger partial charge in [0.05, 0.1) is 13.6 Å². The maximum Gasteiger partial charge on any atom is 0.226 e. The van der Waals surface area contributed by atoms with E-state index in [2.05, 4.69) is 25.7 Å². The van der Waals surface area contributed by atoms with Gasteiger partial charge in [-0.25, -0.2) is 0 Å². The van der Waals surface area contributed by atoms with E-state index in [0.29, 0.717) is 12.3 Å². The Morgan fingerprint density at radius 1 is 1.40 bits per heavy atom. The molecule has 1 aromatic heterocycles. The van der Waals surface area contributed by atoms with Gasteiger partial charge in [0.1, 0.15) is 12.4 Å². The molecule has 8 heteroatoms. The van der Waals surface area contributed by atoms with Gasteiger partial charge >= 0.3 is 0 Å². The minimum Gasteiger partial charge on any atom is -0.486 e. The van der Waals surface area contributed by atoms with Crippen molar-refractivity contribution in [3.63, 3.8) is 0 Å². The van der Waals surface area contributed by atoms with E-state index in [9.17, 15) is 4.79 Å². The lowest BCUT2D eigenvalue weighted by molar-refractivity contribution is -0.125. The average Bonchev–Trinajstić information content (AvgIpc) is 3.23. The molecule has 2 aromatic rings.